The molecule has 0 atom stereocenters. The van der Waals surface area contributed by atoms with Gasteiger partial charge in [-0.25, -0.2) is 4.98 Å². The third-order valence-electron chi connectivity index (χ3n) is 4.25. The van der Waals surface area contributed by atoms with Crippen LogP contribution < -0.4 is 15.4 Å². The predicted molar refractivity (Wildman–Crippen MR) is 90.4 cm³/mol. The summed E-state index contributed by atoms with van der Waals surface area (Å²) >= 11 is 0. The van der Waals surface area contributed by atoms with Crippen molar-refractivity contribution in [2.45, 2.75) is 20.3 Å². The van der Waals surface area contributed by atoms with Crippen LogP contribution in [0, 0.1) is 6.92 Å². The van der Waals surface area contributed by atoms with Crippen molar-refractivity contribution in [2.24, 2.45) is 0 Å². The molecule has 0 aliphatic carbocycles. The molecule has 0 saturated carbocycles. The zero-order chi connectivity index (χ0) is 16.6. The maximum Gasteiger partial charge on any atom is 0.264 e. The number of rotatable bonds is 2. The maximum atomic E-state index is 12.9. The average molecular weight is 312 g/mol. The lowest BCUT2D eigenvalue weighted by molar-refractivity contribution is 0.0985. The van der Waals surface area contributed by atoms with Crippen LogP contribution in [0.2, 0.25) is 0 Å². The van der Waals surface area contributed by atoms with Gasteiger partial charge in [0, 0.05) is 32.0 Å². The molecule has 3 heterocycles. The zero-order valence-electron chi connectivity index (χ0n) is 13.6. The number of nitrogens with one attached hydrogen (secondary N) is 1. The number of fused-ring (bicyclic) bond motifs is 1. The van der Waals surface area contributed by atoms with Gasteiger partial charge in [-0.2, -0.15) is 0 Å². The van der Waals surface area contributed by atoms with Crippen LogP contribution in [0.5, 0.6) is 0 Å². The summed E-state index contributed by atoms with van der Waals surface area (Å²) in [6.45, 7) is 5.09. The number of hydrogen-bond acceptors (Lipinski definition) is 4. The first kappa shape index (κ1) is 15.3. The molecule has 2 aromatic heterocycles. The second-order valence-electron chi connectivity index (χ2n) is 5.75. The number of aromatic amines is 1. The van der Waals surface area contributed by atoms with E-state index >= 15 is 0 Å². The number of hydrogen-bond donors (Lipinski definition) is 1. The normalized spacial score (nSPS) is 13.9. The van der Waals surface area contributed by atoms with Crippen LogP contribution in [0.25, 0.3) is 0 Å². The molecule has 120 valence electrons. The van der Waals surface area contributed by atoms with Crippen molar-refractivity contribution >= 4 is 17.4 Å². The third kappa shape index (κ3) is 2.60. The van der Waals surface area contributed by atoms with E-state index in [1.165, 1.54) is 0 Å². The molecular weight excluding hydrogens is 292 g/mol. The first-order valence-corrected chi connectivity index (χ1v) is 7.73. The van der Waals surface area contributed by atoms with E-state index in [9.17, 15) is 9.59 Å². The summed E-state index contributed by atoms with van der Waals surface area (Å²) in [5.41, 5.74) is 2.38. The number of aromatic nitrogens is 2. The summed E-state index contributed by atoms with van der Waals surface area (Å²) in [6.07, 6.45) is 2.44. The average Bonchev–Trinajstić information content (AvgIpc) is 2.56. The van der Waals surface area contributed by atoms with Crippen LogP contribution in [-0.2, 0) is 6.42 Å². The molecule has 3 rings (SSSR count). The van der Waals surface area contributed by atoms with Gasteiger partial charge in [0.15, 0.2) is 5.82 Å². The minimum atomic E-state index is -0.332. The van der Waals surface area contributed by atoms with Crippen LogP contribution in [-0.4, -0.2) is 36.0 Å². The quantitative estimate of drug-likeness (QED) is 0.917. The van der Waals surface area contributed by atoms with E-state index in [-0.39, 0.29) is 17.0 Å². The third-order valence-corrected chi connectivity index (χ3v) is 4.25. The lowest BCUT2D eigenvalue weighted by Crippen LogP contribution is -2.44. The molecule has 1 aliphatic rings. The lowest BCUT2D eigenvalue weighted by Gasteiger charge is -2.34. The molecule has 6 heteroatoms. The van der Waals surface area contributed by atoms with E-state index < -0.39 is 0 Å². The van der Waals surface area contributed by atoms with Gasteiger partial charge in [-0.05, 0) is 37.1 Å². The highest BCUT2D eigenvalue weighted by Gasteiger charge is 2.28. The standard InChI is InChI=1S/C17H20N4O2/c1-4-13-11(2)10-12(16(22)19-13)17(23)21-9-8-20(3)15-14(21)6-5-7-18-15/h5-7,10H,4,8-9H2,1-3H3,(H,19,22). The van der Waals surface area contributed by atoms with Gasteiger partial charge in [-0.15, -0.1) is 0 Å². The van der Waals surface area contributed by atoms with E-state index in [1.807, 2.05) is 31.9 Å². The number of H-pyrrole nitrogens is 1. The summed E-state index contributed by atoms with van der Waals surface area (Å²) in [6, 6.07) is 5.35. The molecule has 0 unspecified atom stereocenters. The highest BCUT2D eigenvalue weighted by Crippen LogP contribution is 2.30. The van der Waals surface area contributed by atoms with Crippen LogP contribution in [0.3, 0.4) is 0 Å². The number of carbonyl (C=O) groups excluding carboxylic acids is 1. The van der Waals surface area contributed by atoms with E-state index in [4.69, 9.17) is 0 Å². The van der Waals surface area contributed by atoms with E-state index in [0.29, 0.717) is 13.1 Å². The number of carbonyl (C=O) groups is 1. The minimum absolute atomic E-state index is 0.180. The molecule has 2 aromatic rings. The van der Waals surface area contributed by atoms with Gasteiger partial charge in [-0.3, -0.25) is 9.59 Å². The Morgan fingerprint density at radius 3 is 2.91 bits per heavy atom. The van der Waals surface area contributed by atoms with Crippen molar-refractivity contribution in [3.05, 3.63) is 51.6 Å². The van der Waals surface area contributed by atoms with Crippen molar-refractivity contribution in [1.82, 2.24) is 9.97 Å². The molecule has 0 bridgehead atoms. The molecule has 0 fully saturated rings. The monoisotopic (exact) mass is 312 g/mol. The largest absolute Gasteiger partial charge is 0.356 e. The van der Waals surface area contributed by atoms with E-state index in [0.717, 1.165) is 29.2 Å². The lowest BCUT2D eigenvalue weighted by atomic mass is 10.1. The van der Waals surface area contributed by atoms with Gasteiger partial charge in [-0.1, -0.05) is 6.92 Å². The Kier molecular flexibility index (Phi) is 3.90. The van der Waals surface area contributed by atoms with Gasteiger partial charge in [0.1, 0.15) is 5.56 Å². The summed E-state index contributed by atoms with van der Waals surface area (Å²) < 4.78 is 0. The Balaban J connectivity index is 2.04. The Bertz CT molecular complexity index is 812. The molecule has 6 nitrogen and oxygen atoms in total. The number of pyridine rings is 2. The summed E-state index contributed by atoms with van der Waals surface area (Å²) in [5.74, 6) is 0.477. The van der Waals surface area contributed by atoms with Crippen molar-refractivity contribution < 1.29 is 4.79 Å². The second kappa shape index (κ2) is 5.87. The first-order valence-electron chi connectivity index (χ1n) is 7.73. The Morgan fingerprint density at radius 2 is 2.17 bits per heavy atom. The van der Waals surface area contributed by atoms with Crippen molar-refractivity contribution in [3.8, 4) is 0 Å². The van der Waals surface area contributed by atoms with Crippen molar-refractivity contribution in [3.63, 3.8) is 0 Å². The number of amides is 1. The number of likely N-dealkylation sites (N-methyl/N-ethyl adjacent to an activating group) is 1. The van der Waals surface area contributed by atoms with Gasteiger partial charge in [0.25, 0.3) is 11.5 Å². The van der Waals surface area contributed by atoms with Gasteiger partial charge < -0.3 is 14.8 Å². The fourth-order valence-electron chi connectivity index (χ4n) is 2.92. The Morgan fingerprint density at radius 1 is 1.39 bits per heavy atom. The fraction of sp³-hybridized carbons (Fsp3) is 0.353. The summed E-state index contributed by atoms with van der Waals surface area (Å²) in [7, 11) is 1.95. The van der Waals surface area contributed by atoms with Gasteiger partial charge in [0.2, 0.25) is 0 Å². The molecule has 0 saturated heterocycles. The Labute approximate surface area is 134 Å². The topological polar surface area (TPSA) is 69.3 Å². The van der Waals surface area contributed by atoms with Crippen LogP contribution in [0.4, 0.5) is 11.5 Å². The van der Waals surface area contributed by atoms with Crippen molar-refractivity contribution in [1.29, 1.82) is 0 Å². The van der Waals surface area contributed by atoms with E-state index in [2.05, 4.69) is 9.97 Å². The molecule has 0 aromatic carbocycles. The van der Waals surface area contributed by atoms with Crippen LogP contribution >= 0.6 is 0 Å². The van der Waals surface area contributed by atoms with Crippen molar-refractivity contribution in [2.75, 3.05) is 29.9 Å². The zero-order valence-corrected chi connectivity index (χ0v) is 13.6. The fourth-order valence-corrected chi connectivity index (χ4v) is 2.92. The number of aryl methyl sites for hydroxylation is 2. The molecule has 0 radical (unpaired) electrons. The molecule has 23 heavy (non-hydrogen) atoms. The van der Waals surface area contributed by atoms with Crippen LogP contribution in [0.15, 0.2) is 29.2 Å². The summed E-state index contributed by atoms with van der Waals surface area (Å²) in [4.78, 5) is 36.0. The maximum absolute atomic E-state index is 12.9. The second-order valence-corrected chi connectivity index (χ2v) is 5.75. The number of anilines is 2. The molecular formula is C17H20N4O2. The van der Waals surface area contributed by atoms with Gasteiger partial charge >= 0.3 is 0 Å². The Hall–Kier alpha value is -2.63. The highest BCUT2D eigenvalue weighted by atomic mass is 16.2. The highest BCUT2D eigenvalue weighted by molar-refractivity contribution is 6.07. The molecule has 1 aliphatic heterocycles. The minimum Gasteiger partial charge on any atom is -0.356 e. The van der Waals surface area contributed by atoms with Gasteiger partial charge in [0.05, 0.1) is 5.69 Å². The number of nitrogens with zero attached hydrogens (tertiary/aromatic N) is 3. The van der Waals surface area contributed by atoms with Crippen LogP contribution in [0.1, 0.15) is 28.5 Å². The smallest absolute Gasteiger partial charge is 0.264 e. The summed E-state index contributed by atoms with van der Waals surface area (Å²) in [5, 5.41) is 0. The molecule has 1 N–H and O–H groups in total. The SMILES string of the molecule is CCc1[nH]c(=O)c(C(=O)N2CCN(C)c3ncccc32)cc1C. The molecule has 1 amide bonds. The molecule has 0 spiro atoms. The van der Waals surface area contributed by atoms with E-state index in [1.54, 1.807) is 23.2 Å². The first-order chi connectivity index (χ1) is 11.0. The predicted octanol–water partition coefficient (Wildman–Crippen LogP) is 1.74.